The molecule has 0 bridgehead atoms. The fourth-order valence-corrected chi connectivity index (χ4v) is 4.07. The average molecular weight is 428 g/mol. The number of hydrogen-bond acceptors (Lipinski definition) is 6. The van der Waals surface area contributed by atoms with E-state index >= 15 is 0 Å². The fourth-order valence-electron chi connectivity index (χ4n) is 3.85. The van der Waals surface area contributed by atoms with Crippen LogP contribution in [0.3, 0.4) is 0 Å². The number of aromatic hydroxyl groups is 2. The Balaban J connectivity index is 1.95. The molecule has 1 unspecified atom stereocenters. The maximum atomic E-state index is 10.5. The van der Waals surface area contributed by atoms with Crippen LogP contribution in [0.4, 0.5) is 5.69 Å². The fraction of sp³-hybridized carbons (Fsp3) is 0.391. The molecule has 2 aromatic carbocycles. The molecule has 7 heteroatoms. The van der Waals surface area contributed by atoms with E-state index in [9.17, 15) is 10.2 Å². The molecule has 0 radical (unpaired) electrons. The second kappa shape index (κ2) is 9.45. The molecule has 0 amide bonds. The van der Waals surface area contributed by atoms with Crippen LogP contribution in [0, 0.1) is 0 Å². The first kappa shape index (κ1) is 22.1. The van der Waals surface area contributed by atoms with Gasteiger partial charge in [-0.25, -0.2) is 0 Å². The Kier molecular flexibility index (Phi) is 6.95. The highest BCUT2D eigenvalue weighted by atomic mass is 32.1. The number of phenolic OH excluding ortho intramolecular Hbond substituents is 2. The smallest absolute Gasteiger partial charge is 0.168 e. The van der Waals surface area contributed by atoms with Crippen LogP contribution in [-0.2, 0) is 17.6 Å². The van der Waals surface area contributed by atoms with Crippen molar-refractivity contribution >= 4 is 29.2 Å². The molecule has 1 aliphatic rings. The van der Waals surface area contributed by atoms with E-state index in [4.69, 9.17) is 22.8 Å². The summed E-state index contributed by atoms with van der Waals surface area (Å²) < 4.78 is 5.92. The van der Waals surface area contributed by atoms with Crippen molar-refractivity contribution in [3.63, 3.8) is 0 Å². The molecule has 0 saturated heterocycles. The van der Waals surface area contributed by atoms with Crippen molar-refractivity contribution in [2.24, 2.45) is 10.9 Å². The SMILES string of the molecule is CCCOC1Cc2ccc(N(C=S)/C(=N\N)c3cc(C(C)C)c(O)cc3O)cc2C1. The van der Waals surface area contributed by atoms with Crippen molar-refractivity contribution in [2.45, 2.75) is 52.1 Å². The Morgan fingerprint density at radius 1 is 1.23 bits per heavy atom. The first-order chi connectivity index (χ1) is 14.4. The van der Waals surface area contributed by atoms with Gasteiger partial charge in [-0.3, -0.25) is 4.90 Å². The first-order valence-corrected chi connectivity index (χ1v) is 10.7. The van der Waals surface area contributed by atoms with Gasteiger partial charge in [0.2, 0.25) is 0 Å². The minimum atomic E-state index is -0.114. The second-order valence-electron chi connectivity index (χ2n) is 7.87. The number of thiocarbonyl (C=S) groups is 1. The van der Waals surface area contributed by atoms with Gasteiger partial charge < -0.3 is 20.8 Å². The summed E-state index contributed by atoms with van der Waals surface area (Å²) in [6, 6.07) is 9.13. The molecule has 160 valence electrons. The molecule has 30 heavy (non-hydrogen) atoms. The predicted octanol–water partition coefficient (Wildman–Crippen LogP) is 4.20. The zero-order valence-electron chi connectivity index (χ0n) is 17.6. The third-order valence-electron chi connectivity index (χ3n) is 5.38. The van der Waals surface area contributed by atoms with Crippen molar-refractivity contribution in [3.05, 3.63) is 52.6 Å². The van der Waals surface area contributed by atoms with E-state index in [0.29, 0.717) is 17.0 Å². The monoisotopic (exact) mass is 427 g/mol. The van der Waals surface area contributed by atoms with Gasteiger partial charge in [0.05, 0.1) is 17.2 Å². The largest absolute Gasteiger partial charge is 0.508 e. The average Bonchev–Trinajstić information content (AvgIpc) is 3.12. The molecular weight excluding hydrogens is 398 g/mol. The lowest BCUT2D eigenvalue weighted by atomic mass is 9.98. The lowest BCUT2D eigenvalue weighted by molar-refractivity contribution is 0.0612. The summed E-state index contributed by atoms with van der Waals surface area (Å²) in [5, 5.41) is 24.6. The van der Waals surface area contributed by atoms with Gasteiger partial charge in [0.25, 0.3) is 0 Å². The molecule has 3 rings (SSSR count). The number of phenols is 2. The van der Waals surface area contributed by atoms with Crippen molar-refractivity contribution in [2.75, 3.05) is 11.5 Å². The van der Waals surface area contributed by atoms with E-state index in [1.165, 1.54) is 22.7 Å². The number of anilines is 1. The van der Waals surface area contributed by atoms with Gasteiger partial charge in [0, 0.05) is 18.4 Å². The lowest BCUT2D eigenvalue weighted by Gasteiger charge is -2.23. The minimum absolute atomic E-state index is 0.0344. The third kappa shape index (κ3) is 4.42. The zero-order valence-corrected chi connectivity index (χ0v) is 18.4. The number of rotatable bonds is 7. The topological polar surface area (TPSA) is 91.3 Å². The highest BCUT2D eigenvalue weighted by molar-refractivity contribution is 7.79. The molecule has 0 aliphatic heterocycles. The lowest BCUT2D eigenvalue weighted by Crippen LogP contribution is -2.31. The first-order valence-electron chi connectivity index (χ1n) is 10.2. The highest BCUT2D eigenvalue weighted by Gasteiger charge is 2.25. The van der Waals surface area contributed by atoms with E-state index in [1.807, 2.05) is 19.9 Å². The summed E-state index contributed by atoms with van der Waals surface area (Å²) in [6.07, 6.45) is 2.96. The zero-order chi connectivity index (χ0) is 21.8. The number of hydrogen-bond donors (Lipinski definition) is 3. The van der Waals surface area contributed by atoms with E-state index in [-0.39, 0.29) is 23.5 Å². The molecular formula is C23H29N3O3S. The van der Waals surface area contributed by atoms with Gasteiger partial charge in [-0.15, -0.1) is 0 Å². The molecule has 1 aliphatic carbocycles. The Labute approximate surface area is 183 Å². The van der Waals surface area contributed by atoms with Crippen molar-refractivity contribution in [1.29, 1.82) is 0 Å². The van der Waals surface area contributed by atoms with Gasteiger partial charge in [0.1, 0.15) is 11.5 Å². The van der Waals surface area contributed by atoms with Crippen molar-refractivity contribution in [1.82, 2.24) is 0 Å². The van der Waals surface area contributed by atoms with Gasteiger partial charge in [0.15, 0.2) is 5.84 Å². The summed E-state index contributed by atoms with van der Waals surface area (Å²) in [5.74, 6) is 6.01. The number of fused-ring (bicyclic) bond motifs is 1. The van der Waals surface area contributed by atoms with Crippen LogP contribution in [-0.4, -0.2) is 34.3 Å². The van der Waals surface area contributed by atoms with Crippen molar-refractivity contribution < 1.29 is 14.9 Å². The van der Waals surface area contributed by atoms with Gasteiger partial charge in [-0.1, -0.05) is 39.1 Å². The van der Waals surface area contributed by atoms with Crippen LogP contribution < -0.4 is 10.7 Å². The van der Waals surface area contributed by atoms with Gasteiger partial charge in [-0.2, -0.15) is 5.10 Å². The van der Waals surface area contributed by atoms with E-state index < -0.39 is 0 Å². The number of ether oxygens (including phenoxy) is 1. The standard InChI is InChI=1S/C23H29N3O3S/c1-4-7-29-18-9-15-5-6-17(8-16(15)10-18)26(13-30)23(25-24)20-11-19(14(2)3)21(27)12-22(20)28/h5-6,8,11-14,18,27-28H,4,7,9-10,24H2,1-3H3/b25-23-. The maximum Gasteiger partial charge on any atom is 0.168 e. The maximum absolute atomic E-state index is 10.5. The second-order valence-corrected chi connectivity index (χ2v) is 8.08. The molecule has 0 fully saturated rings. The molecule has 4 N–H and O–H groups in total. The quantitative estimate of drug-likeness (QED) is 0.202. The molecule has 0 aromatic heterocycles. The molecule has 0 saturated carbocycles. The Morgan fingerprint density at radius 2 is 1.97 bits per heavy atom. The number of hydrazone groups is 1. The number of nitrogens with zero attached hydrogens (tertiary/aromatic N) is 2. The van der Waals surface area contributed by atoms with Crippen molar-refractivity contribution in [3.8, 4) is 11.5 Å². The third-order valence-corrected chi connectivity index (χ3v) is 5.60. The van der Waals surface area contributed by atoms with E-state index in [2.05, 4.69) is 24.2 Å². The van der Waals surface area contributed by atoms with Gasteiger partial charge in [-0.05, 0) is 60.1 Å². The minimum Gasteiger partial charge on any atom is -0.508 e. The van der Waals surface area contributed by atoms with Crippen LogP contribution in [0.25, 0.3) is 0 Å². The molecule has 0 heterocycles. The Morgan fingerprint density at radius 3 is 2.60 bits per heavy atom. The molecule has 2 aromatic rings. The number of benzene rings is 2. The summed E-state index contributed by atoms with van der Waals surface area (Å²) in [7, 11) is 0. The Bertz CT molecular complexity index is 959. The Hall–Kier alpha value is -2.64. The summed E-state index contributed by atoms with van der Waals surface area (Å²) in [6.45, 7) is 6.79. The van der Waals surface area contributed by atoms with Crippen LogP contribution in [0.2, 0.25) is 0 Å². The highest BCUT2D eigenvalue weighted by Crippen LogP contribution is 2.34. The molecule has 1 atom stereocenters. The molecule has 0 spiro atoms. The van der Waals surface area contributed by atoms with Crippen LogP contribution >= 0.6 is 12.2 Å². The van der Waals surface area contributed by atoms with E-state index in [0.717, 1.165) is 31.6 Å². The summed E-state index contributed by atoms with van der Waals surface area (Å²) in [4.78, 5) is 1.67. The van der Waals surface area contributed by atoms with E-state index in [1.54, 1.807) is 11.0 Å². The number of nitrogens with two attached hydrogens (primary N) is 1. The summed E-state index contributed by atoms with van der Waals surface area (Å²) in [5.41, 5.74) is 5.84. The normalized spacial score (nSPS) is 16.0. The predicted molar refractivity (Wildman–Crippen MR) is 125 cm³/mol. The van der Waals surface area contributed by atoms with Crippen LogP contribution in [0.1, 0.15) is 55.4 Å². The summed E-state index contributed by atoms with van der Waals surface area (Å²) >= 11 is 5.27. The molecule has 6 nitrogen and oxygen atoms in total. The van der Waals surface area contributed by atoms with Crippen LogP contribution in [0.15, 0.2) is 35.4 Å². The number of amidine groups is 1. The van der Waals surface area contributed by atoms with Crippen LogP contribution in [0.5, 0.6) is 11.5 Å². The van der Waals surface area contributed by atoms with Gasteiger partial charge >= 0.3 is 0 Å².